The number of ether oxygens (including phenoxy) is 1. The molecule has 3 rings (SSSR count). The first-order chi connectivity index (χ1) is 12.2. The number of unbranched alkanes of at least 4 members (excludes halogenated alkanes) is 2. The van der Waals surface area contributed by atoms with E-state index in [1.165, 1.54) is 23.5 Å². The van der Waals surface area contributed by atoms with Crippen LogP contribution < -0.4 is 10.1 Å². The summed E-state index contributed by atoms with van der Waals surface area (Å²) in [5, 5.41) is 3.21. The Kier molecular flexibility index (Phi) is 5.60. The van der Waals surface area contributed by atoms with Gasteiger partial charge in [-0.2, -0.15) is 0 Å². The van der Waals surface area contributed by atoms with Crippen LogP contribution in [-0.2, 0) is 0 Å². The van der Waals surface area contributed by atoms with Crippen LogP contribution in [0.2, 0.25) is 0 Å². The molecule has 0 spiro atoms. The van der Waals surface area contributed by atoms with Crippen molar-refractivity contribution in [1.29, 1.82) is 0 Å². The van der Waals surface area contributed by atoms with Crippen LogP contribution in [0.4, 0.5) is 9.52 Å². The van der Waals surface area contributed by atoms with Crippen molar-refractivity contribution in [3.8, 4) is 5.75 Å². The van der Waals surface area contributed by atoms with Gasteiger partial charge in [-0.15, -0.1) is 0 Å². The van der Waals surface area contributed by atoms with E-state index in [1.54, 1.807) is 24.3 Å². The highest BCUT2D eigenvalue weighted by atomic mass is 32.1. The number of carbonyl (C=O) groups is 1. The Bertz CT molecular complexity index is 879. The van der Waals surface area contributed by atoms with Crippen molar-refractivity contribution in [2.24, 2.45) is 0 Å². The van der Waals surface area contributed by atoms with Gasteiger partial charge in [0.05, 0.1) is 16.8 Å². The van der Waals surface area contributed by atoms with E-state index in [4.69, 9.17) is 4.74 Å². The van der Waals surface area contributed by atoms with Gasteiger partial charge in [0.15, 0.2) is 5.13 Å². The van der Waals surface area contributed by atoms with Crippen molar-refractivity contribution in [2.75, 3.05) is 11.9 Å². The lowest BCUT2D eigenvalue weighted by molar-refractivity contribution is 0.102. The van der Waals surface area contributed by atoms with Crippen LogP contribution >= 0.6 is 11.3 Å². The van der Waals surface area contributed by atoms with E-state index in [0.29, 0.717) is 33.3 Å². The zero-order valence-electron chi connectivity index (χ0n) is 13.9. The van der Waals surface area contributed by atoms with Gasteiger partial charge in [-0.1, -0.05) is 37.2 Å². The van der Waals surface area contributed by atoms with Gasteiger partial charge in [-0.3, -0.25) is 10.1 Å². The van der Waals surface area contributed by atoms with Crippen LogP contribution in [0.5, 0.6) is 5.75 Å². The molecule has 1 aromatic heterocycles. The van der Waals surface area contributed by atoms with Crippen LogP contribution in [0.15, 0.2) is 42.5 Å². The molecule has 0 aliphatic heterocycles. The topological polar surface area (TPSA) is 51.2 Å². The van der Waals surface area contributed by atoms with Gasteiger partial charge in [-0.05, 0) is 42.8 Å². The SMILES string of the molecule is CCCCCOc1cccc(C(=O)Nc2nc3ccc(F)cc3s2)c1. The van der Waals surface area contributed by atoms with Gasteiger partial charge in [-0.25, -0.2) is 9.37 Å². The number of anilines is 1. The number of thiazole rings is 1. The fourth-order valence-corrected chi connectivity index (χ4v) is 3.28. The van der Waals surface area contributed by atoms with Gasteiger partial charge in [0, 0.05) is 5.56 Å². The Morgan fingerprint density at radius 1 is 1.24 bits per heavy atom. The molecule has 3 aromatic rings. The third-order valence-corrected chi connectivity index (χ3v) is 4.62. The minimum Gasteiger partial charge on any atom is -0.494 e. The van der Waals surface area contributed by atoms with E-state index in [1.807, 2.05) is 6.07 Å². The largest absolute Gasteiger partial charge is 0.494 e. The van der Waals surface area contributed by atoms with Crippen molar-refractivity contribution >= 4 is 32.6 Å². The average Bonchev–Trinajstić information content (AvgIpc) is 3.00. The molecule has 0 bridgehead atoms. The number of hydrogen-bond donors (Lipinski definition) is 1. The van der Waals surface area contributed by atoms with Gasteiger partial charge >= 0.3 is 0 Å². The molecular formula is C19H19FN2O2S. The lowest BCUT2D eigenvalue weighted by Gasteiger charge is -2.07. The van der Waals surface area contributed by atoms with E-state index in [2.05, 4.69) is 17.2 Å². The summed E-state index contributed by atoms with van der Waals surface area (Å²) in [6.45, 7) is 2.78. The maximum Gasteiger partial charge on any atom is 0.257 e. The molecule has 4 nitrogen and oxygen atoms in total. The molecule has 0 radical (unpaired) electrons. The fraction of sp³-hybridized carbons (Fsp3) is 0.263. The monoisotopic (exact) mass is 358 g/mol. The summed E-state index contributed by atoms with van der Waals surface area (Å²) in [6, 6.07) is 11.4. The lowest BCUT2D eigenvalue weighted by atomic mass is 10.2. The van der Waals surface area contributed by atoms with E-state index in [9.17, 15) is 9.18 Å². The van der Waals surface area contributed by atoms with Crippen LogP contribution in [0.25, 0.3) is 10.2 Å². The second kappa shape index (κ2) is 8.07. The number of amides is 1. The Labute approximate surface area is 149 Å². The Morgan fingerprint density at radius 3 is 2.96 bits per heavy atom. The number of fused-ring (bicyclic) bond motifs is 1. The standard InChI is InChI=1S/C19H19FN2O2S/c1-2-3-4-10-24-15-7-5-6-13(11-15)18(23)22-19-21-16-9-8-14(20)12-17(16)25-19/h5-9,11-12H,2-4,10H2,1H3,(H,21,22,23). The normalized spacial score (nSPS) is 10.8. The molecule has 0 fully saturated rings. The molecule has 1 amide bonds. The molecule has 0 saturated heterocycles. The molecule has 0 unspecified atom stereocenters. The van der Waals surface area contributed by atoms with Crippen LogP contribution in [0, 0.1) is 5.82 Å². The molecule has 130 valence electrons. The van der Waals surface area contributed by atoms with E-state index >= 15 is 0 Å². The molecule has 0 saturated carbocycles. The van der Waals surface area contributed by atoms with E-state index < -0.39 is 0 Å². The zero-order valence-corrected chi connectivity index (χ0v) is 14.7. The third-order valence-electron chi connectivity index (χ3n) is 3.68. The number of benzene rings is 2. The van der Waals surface area contributed by atoms with Crippen molar-refractivity contribution in [3.63, 3.8) is 0 Å². The first-order valence-corrected chi connectivity index (χ1v) is 9.07. The van der Waals surface area contributed by atoms with Gasteiger partial charge in [0.25, 0.3) is 5.91 Å². The van der Waals surface area contributed by atoms with Crippen molar-refractivity contribution < 1.29 is 13.9 Å². The maximum absolute atomic E-state index is 13.2. The fourth-order valence-electron chi connectivity index (χ4n) is 2.39. The minimum atomic E-state index is -0.318. The van der Waals surface area contributed by atoms with Gasteiger partial charge < -0.3 is 4.74 Å². The number of nitrogens with one attached hydrogen (secondary N) is 1. The second-order valence-electron chi connectivity index (χ2n) is 5.67. The van der Waals surface area contributed by atoms with E-state index in [-0.39, 0.29) is 11.7 Å². The van der Waals surface area contributed by atoms with Gasteiger partial charge in [0.1, 0.15) is 11.6 Å². The molecular weight excluding hydrogens is 339 g/mol. The molecule has 25 heavy (non-hydrogen) atoms. The number of hydrogen-bond acceptors (Lipinski definition) is 4. The number of halogens is 1. The summed E-state index contributed by atoms with van der Waals surface area (Å²) in [5.41, 5.74) is 1.16. The Morgan fingerprint density at radius 2 is 2.12 bits per heavy atom. The molecule has 1 N–H and O–H groups in total. The number of nitrogens with zero attached hydrogens (tertiary/aromatic N) is 1. The maximum atomic E-state index is 13.2. The highest BCUT2D eigenvalue weighted by Gasteiger charge is 2.11. The second-order valence-corrected chi connectivity index (χ2v) is 6.70. The van der Waals surface area contributed by atoms with Crippen LogP contribution in [0.1, 0.15) is 36.5 Å². The van der Waals surface area contributed by atoms with Crippen LogP contribution in [-0.4, -0.2) is 17.5 Å². The summed E-state index contributed by atoms with van der Waals surface area (Å²) in [7, 11) is 0. The average molecular weight is 358 g/mol. The predicted octanol–water partition coefficient (Wildman–Crippen LogP) is 5.26. The minimum absolute atomic E-state index is 0.265. The number of aromatic nitrogens is 1. The first-order valence-electron chi connectivity index (χ1n) is 8.26. The highest BCUT2D eigenvalue weighted by Crippen LogP contribution is 2.27. The molecule has 0 aliphatic carbocycles. The molecule has 0 atom stereocenters. The lowest BCUT2D eigenvalue weighted by Crippen LogP contribution is -2.11. The first kappa shape index (κ1) is 17.4. The zero-order chi connectivity index (χ0) is 17.6. The van der Waals surface area contributed by atoms with E-state index in [0.717, 1.165) is 19.3 Å². The number of rotatable bonds is 7. The summed E-state index contributed by atoms with van der Waals surface area (Å²) in [6.07, 6.45) is 3.26. The molecule has 2 aromatic carbocycles. The smallest absolute Gasteiger partial charge is 0.257 e. The summed E-state index contributed by atoms with van der Waals surface area (Å²) < 4.78 is 19.6. The summed E-state index contributed by atoms with van der Waals surface area (Å²) in [4.78, 5) is 16.7. The third kappa shape index (κ3) is 4.54. The Hall–Kier alpha value is -2.47. The summed E-state index contributed by atoms with van der Waals surface area (Å²) in [5.74, 6) is 0.0932. The molecule has 1 heterocycles. The predicted molar refractivity (Wildman–Crippen MR) is 99.0 cm³/mol. The summed E-state index contributed by atoms with van der Waals surface area (Å²) >= 11 is 1.24. The molecule has 0 aliphatic rings. The van der Waals surface area contributed by atoms with Crippen molar-refractivity contribution in [1.82, 2.24) is 4.98 Å². The Balaban J connectivity index is 1.67. The van der Waals surface area contributed by atoms with Crippen molar-refractivity contribution in [2.45, 2.75) is 26.2 Å². The molecule has 6 heteroatoms. The van der Waals surface area contributed by atoms with Gasteiger partial charge in [0.2, 0.25) is 0 Å². The number of carbonyl (C=O) groups excluding carboxylic acids is 1. The quantitative estimate of drug-likeness (QED) is 0.586. The highest BCUT2D eigenvalue weighted by molar-refractivity contribution is 7.22. The van der Waals surface area contributed by atoms with Crippen molar-refractivity contribution in [3.05, 3.63) is 53.8 Å². The van der Waals surface area contributed by atoms with Crippen LogP contribution in [0.3, 0.4) is 0 Å².